The summed E-state index contributed by atoms with van der Waals surface area (Å²) in [4.78, 5) is 23.3. The van der Waals surface area contributed by atoms with Crippen LogP contribution in [0.25, 0.3) is 0 Å². The number of hydrogen-bond acceptors (Lipinski definition) is 4. The Kier molecular flexibility index (Phi) is 7.21. The van der Waals surface area contributed by atoms with Crippen LogP contribution >= 0.6 is 0 Å². The highest BCUT2D eigenvalue weighted by Crippen LogP contribution is 2.23. The van der Waals surface area contributed by atoms with Gasteiger partial charge in [0.2, 0.25) is 5.91 Å². The van der Waals surface area contributed by atoms with Crippen molar-refractivity contribution in [1.29, 1.82) is 0 Å². The smallest absolute Gasteiger partial charge is 0.308 e. The Balaban J connectivity index is 1.72. The highest BCUT2D eigenvalue weighted by atomic mass is 16.5. The van der Waals surface area contributed by atoms with Crippen LogP contribution in [-0.2, 0) is 25.7 Å². The molecular weight excluding hydrogens is 310 g/mol. The maximum atomic E-state index is 11.9. The molecule has 6 heteroatoms. The summed E-state index contributed by atoms with van der Waals surface area (Å²) in [5.74, 6) is -1.69. The van der Waals surface area contributed by atoms with Crippen LogP contribution in [0.1, 0.15) is 24.0 Å². The first-order valence-corrected chi connectivity index (χ1v) is 8.27. The summed E-state index contributed by atoms with van der Waals surface area (Å²) in [6.07, 6.45) is 1.44. The van der Waals surface area contributed by atoms with Crippen LogP contribution in [0, 0.1) is 18.8 Å². The largest absolute Gasteiger partial charge is 0.481 e. The lowest BCUT2D eigenvalue weighted by Gasteiger charge is -2.27. The normalized spacial score (nSPS) is 16.5. The Bertz CT molecular complexity index is 554. The molecule has 1 aromatic carbocycles. The van der Waals surface area contributed by atoms with Crippen LogP contribution in [0.2, 0.25) is 0 Å². The first-order valence-electron chi connectivity index (χ1n) is 8.27. The second-order valence-electron chi connectivity index (χ2n) is 6.12. The van der Waals surface area contributed by atoms with E-state index in [9.17, 15) is 14.7 Å². The molecular formula is C18H25NO5. The lowest BCUT2D eigenvalue weighted by atomic mass is 9.86. The van der Waals surface area contributed by atoms with E-state index < -0.39 is 11.9 Å². The predicted octanol–water partition coefficient (Wildman–Crippen LogP) is 1.76. The number of nitrogens with one attached hydrogen (secondary N) is 1. The van der Waals surface area contributed by atoms with Crippen LogP contribution in [0.5, 0.6) is 0 Å². The van der Waals surface area contributed by atoms with Gasteiger partial charge in [-0.2, -0.15) is 0 Å². The Labute approximate surface area is 142 Å². The van der Waals surface area contributed by atoms with Gasteiger partial charge in [-0.3, -0.25) is 9.59 Å². The summed E-state index contributed by atoms with van der Waals surface area (Å²) >= 11 is 0. The third-order valence-electron chi connectivity index (χ3n) is 4.42. The van der Waals surface area contributed by atoms with E-state index in [2.05, 4.69) is 5.32 Å². The number of hydrogen-bond donors (Lipinski definition) is 2. The Morgan fingerprint density at radius 1 is 1.33 bits per heavy atom. The summed E-state index contributed by atoms with van der Waals surface area (Å²) in [7, 11) is 0. The lowest BCUT2D eigenvalue weighted by Crippen LogP contribution is -2.40. The van der Waals surface area contributed by atoms with Crippen molar-refractivity contribution in [2.75, 3.05) is 26.4 Å². The van der Waals surface area contributed by atoms with Gasteiger partial charge < -0.3 is 19.9 Å². The van der Waals surface area contributed by atoms with Crippen LogP contribution in [0.3, 0.4) is 0 Å². The summed E-state index contributed by atoms with van der Waals surface area (Å²) in [6, 6.07) is 7.83. The molecule has 0 aromatic heterocycles. The number of aliphatic carboxylic acids is 1. The van der Waals surface area contributed by atoms with Crippen molar-refractivity contribution in [2.24, 2.45) is 11.8 Å². The first kappa shape index (κ1) is 18.4. The first-order chi connectivity index (χ1) is 11.6. The molecule has 0 bridgehead atoms. The van der Waals surface area contributed by atoms with Crippen molar-refractivity contribution >= 4 is 11.9 Å². The van der Waals surface area contributed by atoms with Crippen molar-refractivity contribution in [1.82, 2.24) is 5.32 Å². The summed E-state index contributed by atoms with van der Waals surface area (Å²) in [5, 5.41) is 12.0. The van der Waals surface area contributed by atoms with E-state index in [1.54, 1.807) is 0 Å². The maximum absolute atomic E-state index is 11.9. The number of carbonyl (C=O) groups excluding carboxylic acids is 1. The molecule has 1 aliphatic rings. The average molecular weight is 335 g/mol. The second-order valence-corrected chi connectivity index (χ2v) is 6.12. The molecule has 1 saturated heterocycles. The monoisotopic (exact) mass is 335 g/mol. The molecule has 0 aliphatic carbocycles. The molecule has 1 aromatic rings. The minimum Gasteiger partial charge on any atom is -0.481 e. The van der Waals surface area contributed by atoms with E-state index in [4.69, 9.17) is 9.47 Å². The third kappa shape index (κ3) is 5.62. The molecule has 6 nitrogen and oxygen atoms in total. The number of carboxylic acid groups (broad SMARTS) is 1. The number of carbonyl (C=O) groups is 2. The maximum Gasteiger partial charge on any atom is 0.308 e. The average Bonchev–Trinajstić information content (AvgIpc) is 2.57. The van der Waals surface area contributed by atoms with Gasteiger partial charge >= 0.3 is 5.97 Å². The Morgan fingerprint density at radius 2 is 2.04 bits per heavy atom. The van der Waals surface area contributed by atoms with E-state index in [1.807, 2.05) is 31.2 Å². The highest BCUT2D eigenvalue weighted by molar-refractivity contribution is 5.78. The SMILES string of the molecule is Cc1ccccc1COCC(=O)NCC(C(=O)O)C1CCOCC1. The molecule has 132 valence electrons. The van der Waals surface area contributed by atoms with E-state index in [0.717, 1.165) is 24.0 Å². The molecule has 1 heterocycles. The molecule has 2 rings (SSSR count). The van der Waals surface area contributed by atoms with Gasteiger partial charge in [-0.1, -0.05) is 24.3 Å². The van der Waals surface area contributed by atoms with E-state index in [1.165, 1.54) is 0 Å². The fourth-order valence-electron chi connectivity index (χ4n) is 2.87. The van der Waals surface area contributed by atoms with Gasteiger partial charge in [0.25, 0.3) is 0 Å². The van der Waals surface area contributed by atoms with Gasteiger partial charge in [0.05, 0.1) is 12.5 Å². The van der Waals surface area contributed by atoms with E-state index in [0.29, 0.717) is 19.8 Å². The number of benzene rings is 1. The minimum atomic E-state index is -0.872. The second kappa shape index (κ2) is 9.39. The lowest BCUT2D eigenvalue weighted by molar-refractivity contribution is -0.145. The number of aryl methyl sites for hydroxylation is 1. The van der Waals surface area contributed by atoms with Gasteiger partial charge in [-0.15, -0.1) is 0 Å². The van der Waals surface area contributed by atoms with Crippen molar-refractivity contribution in [3.8, 4) is 0 Å². The quantitative estimate of drug-likeness (QED) is 0.756. The molecule has 0 radical (unpaired) electrons. The van der Waals surface area contributed by atoms with Crippen LogP contribution in [0.4, 0.5) is 0 Å². The number of carboxylic acids is 1. The van der Waals surface area contributed by atoms with Gasteiger partial charge in [-0.25, -0.2) is 0 Å². The van der Waals surface area contributed by atoms with Crippen molar-refractivity contribution in [2.45, 2.75) is 26.4 Å². The minimum absolute atomic E-state index is 0.0458. The van der Waals surface area contributed by atoms with Gasteiger partial charge in [0, 0.05) is 19.8 Å². The molecule has 0 saturated carbocycles. The van der Waals surface area contributed by atoms with Crippen LogP contribution < -0.4 is 5.32 Å². The Morgan fingerprint density at radius 3 is 2.71 bits per heavy atom. The molecule has 1 unspecified atom stereocenters. The molecule has 1 amide bonds. The van der Waals surface area contributed by atoms with Crippen LogP contribution in [-0.4, -0.2) is 43.3 Å². The fourth-order valence-corrected chi connectivity index (χ4v) is 2.87. The number of ether oxygens (including phenoxy) is 2. The van der Waals surface area contributed by atoms with E-state index in [-0.39, 0.29) is 25.0 Å². The summed E-state index contributed by atoms with van der Waals surface area (Å²) in [6.45, 7) is 3.58. The standard InChI is InChI=1S/C18H25NO5/c1-13-4-2-3-5-15(13)11-24-12-17(20)19-10-16(18(21)22)14-6-8-23-9-7-14/h2-5,14,16H,6-12H2,1H3,(H,19,20)(H,21,22). The highest BCUT2D eigenvalue weighted by Gasteiger charge is 2.29. The van der Waals surface area contributed by atoms with E-state index >= 15 is 0 Å². The topological polar surface area (TPSA) is 84.9 Å². The van der Waals surface area contributed by atoms with Crippen molar-refractivity contribution in [3.05, 3.63) is 35.4 Å². The molecule has 1 atom stereocenters. The van der Waals surface area contributed by atoms with Gasteiger partial charge in [0.1, 0.15) is 6.61 Å². The summed E-state index contributed by atoms with van der Waals surface area (Å²) in [5.41, 5.74) is 2.15. The summed E-state index contributed by atoms with van der Waals surface area (Å²) < 4.78 is 10.7. The zero-order valence-electron chi connectivity index (χ0n) is 14.0. The molecule has 0 spiro atoms. The fraction of sp³-hybridized carbons (Fsp3) is 0.556. The van der Waals surface area contributed by atoms with Crippen LogP contribution in [0.15, 0.2) is 24.3 Å². The zero-order valence-corrected chi connectivity index (χ0v) is 14.0. The molecule has 1 aliphatic heterocycles. The third-order valence-corrected chi connectivity index (χ3v) is 4.42. The molecule has 2 N–H and O–H groups in total. The van der Waals surface area contributed by atoms with Crippen molar-refractivity contribution < 1.29 is 24.2 Å². The number of rotatable bonds is 8. The molecule has 1 fully saturated rings. The number of amides is 1. The predicted molar refractivity (Wildman–Crippen MR) is 88.5 cm³/mol. The zero-order chi connectivity index (χ0) is 17.4. The Hall–Kier alpha value is -1.92. The van der Waals surface area contributed by atoms with Gasteiger partial charge in [0.15, 0.2) is 0 Å². The van der Waals surface area contributed by atoms with Gasteiger partial charge in [-0.05, 0) is 36.8 Å². The van der Waals surface area contributed by atoms with Crippen molar-refractivity contribution in [3.63, 3.8) is 0 Å². The molecule has 24 heavy (non-hydrogen) atoms.